The molecule has 1 aromatic rings. The number of nitrogens with zero attached hydrogens (tertiary/aromatic N) is 1. The molecule has 1 saturated heterocycles. The zero-order chi connectivity index (χ0) is 22.8. The first-order valence-corrected chi connectivity index (χ1v) is 11.9. The van der Waals surface area contributed by atoms with Gasteiger partial charge in [0.25, 0.3) is 0 Å². The third kappa shape index (κ3) is 3.19. The molecule has 7 heteroatoms. The number of ether oxygens (including phenoxy) is 3. The number of aromatic hydroxyl groups is 1. The number of esters is 1. The minimum atomic E-state index is -0.470. The summed E-state index contributed by atoms with van der Waals surface area (Å²) in [6.07, 6.45) is 4.32. The van der Waals surface area contributed by atoms with Crippen LogP contribution in [0, 0.1) is 5.92 Å². The van der Waals surface area contributed by atoms with E-state index in [1.54, 1.807) is 13.2 Å². The molecule has 7 nitrogen and oxygen atoms in total. The Bertz CT molecular complexity index is 926. The summed E-state index contributed by atoms with van der Waals surface area (Å²) in [5.41, 5.74) is 1.80. The average Bonchev–Trinajstić information content (AvgIpc) is 3.06. The predicted octanol–water partition coefficient (Wildman–Crippen LogP) is 2.76. The Hall–Kier alpha value is -1.99. The predicted molar refractivity (Wildman–Crippen MR) is 120 cm³/mol. The Morgan fingerprint density at radius 2 is 2.16 bits per heavy atom. The van der Waals surface area contributed by atoms with Crippen LogP contribution >= 0.6 is 0 Å². The molecule has 0 radical (unpaired) electrons. The van der Waals surface area contributed by atoms with Gasteiger partial charge in [0.05, 0.1) is 13.5 Å². The lowest BCUT2D eigenvalue weighted by Crippen LogP contribution is -2.68. The van der Waals surface area contributed by atoms with Crippen LogP contribution in [0.15, 0.2) is 6.07 Å². The number of carbonyl (C=O) groups excluding carboxylic acids is 1. The van der Waals surface area contributed by atoms with Crippen LogP contribution in [0.1, 0.15) is 57.6 Å². The van der Waals surface area contributed by atoms with Crippen molar-refractivity contribution in [1.82, 2.24) is 10.2 Å². The van der Waals surface area contributed by atoms with Crippen LogP contribution in [-0.2, 0) is 21.4 Å². The van der Waals surface area contributed by atoms with Crippen molar-refractivity contribution < 1.29 is 24.1 Å². The number of piperidine rings is 1. The van der Waals surface area contributed by atoms with Crippen molar-refractivity contribution >= 4 is 5.97 Å². The van der Waals surface area contributed by atoms with Gasteiger partial charge in [-0.3, -0.25) is 4.79 Å². The van der Waals surface area contributed by atoms with Crippen molar-refractivity contribution in [3.63, 3.8) is 0 Å². The fraction of sp³-hybridized carbons (Fsp3) is 0.720. The van der Waals surface area contributed by atoms with Gasteiger partial charge in [0.15, 0.2) is 11.5 Å². The topological polar surface area (TPSA) is 80.3 Å². The van der Waals surface area contributed by atoms with E-state index >= 15 is 0 Å². The molecule has 2 aliphatic heterocycles. The summed E-state index contributed by atoms with van der Waals surface area (Å²) in [6, 6.07) is 2.29. The number of likely N-dealkylation sites (N-methyl/N-ethyl adjacent to an activating group) is 1. The lowest BCUT2D eigenvalue weighted by Gasteiger charge is -2.59. The number of carbonyl (C=O) groups is 1. The van der Waals surface area contributed by atoms with Gasteiger partial charge in [0.1, 0.15) is 17.5 Å². The zero-order valence-corrected chi connectivity index (χ0v) is 19.9. The maximum absolute atomic E-state index is 12.2. The summed E-state index contributed by atoms with van der Waals surface area (Å²) in [5, 5.41) is 14.4. The van der Waals surface area contributed by atoms with Crippen LogP contribution in [-0.4, -0.2) is 67.0 Å². The smallest absolute Gasteiger partial charge is 0.307 e. The Kier molecular flexibility index (Phi) is 5.13. The first-order chi connectivity index (χ1) is 15.2. The summed E-state index contributed by atoms with van der Waals surface area (Å²) in [6.45, 7) is 7.24. The van der Waals surface area contributed by atoms with E-state index in [0.29, 0.717) is 30.7 Å². The van der Waals surface area contributed by atoms with Gasteiger partial charge in [0.2, 0.25) is 0 Å². The van der Waals surface area contributed by atoms with E-state index in [0.717, 1.165) is 38.0 Å². The van der Waals surface area contributed by atoms with Gasteiger partial charge in [-0.1, -0.05) is 0 Å². The maximum Gasteiger partial charge on any atom is 0.307 e. The van der Waals surface area contributed by atoms with E-state index in [-0.39, 0.29) is 29.3 Å². The van der Waals surface area contributed by atoms with Crippen molar-refractivity contribution in [2.75, 3.05) is 27.2 Å². The van der Waals surface area contributed by atoms with E-state index in [1.807, 2.05) is 20.8 Å². The van der Waals surface area contributed by atoms with Crippen molar-refractivity contribution in [3.05, 3.63) is 17.2 Å². The number of methoxy groups -OCH3 is 1. The summed E-state index contributed by atoms with van der Waals surface area (Å²) < 4.78 is 17.8. The number of hydrogen-bond acceptors (Lipinski definition) is 7. The molecule has 1 saturated carbocycles. The van der Waals surface area contributed by atoms with Crippen LogP contribution < -0.4 is 14.8 Å². The summed E-state index contributed by atoms with van der Waals surface area (Å²) in [5.74, 6) is 1.90. The molecule has 176 valence electrons. The number of phenolic OH excluding ortho intramolecular Hbond substituents is 1. The molecule has 32 heavy (non-hydrogen) atoms. The molecule has 2 heterocycles. The molecule has 2 aliphatic carbocycles. The van der Waals surface area contributed by atoms with E-state index in [2.05, 4.69) is 17.3 Å². The molecule has 0 aromatic heterocycles. The lowest BCUT2D eigenvalue weighted by molar-refractivity contribution is -0.154. The van der Waals surface area contributed by atoms with Gasteiger partial charge in [-0.05, 0) is 66.0 Å². The second-order valence-electron chi connectivity index (χ2n) is 10.9. The van der Waals surface area contributed by atoms with E-state index < -0.39 is 5.60 Å². The molecule has 1 aromatic carbocycles. The van der Waals surface area contributed by atoms with E-state index in [4.69, 9.17) is 14.2 Å². The largest absolute Gasteiger partial charge is 0.504 e. The van der Waals surface area contributed by atoms with Crippen molar-refractivity contribution in [1.29, 1.82) is 0 Å². The molecule has 2 bridgehead atoms. The first kappa shape index (κ1) is 21.8. The number of hydrogen-bond donors (Lipinski definition) is 2. The minimum Gasteiger partial charge on any atom is -0.504 e. The Morgan fingerprint density at radius 1 is 1.38 bits per heavy atom. The van der Waals surface area contributed by atoms with Crippen molar-refractivity contribution in [3.8, 4) is 17.2 Å². The highest BCUT2D eigenvalue weighted by molar-refractivity contribution is 5.70. The van der Waals surface area contributed by atoms with E-state index in [9.17, 15) is 9.90 Å². The molecule has 5 rings (SSSR count). The Balaban J connectivity index is 1.44. The quantitative estimate of drug-likeness (QED) is 0.676. The number of phenols is 1. The molecule has 5 atom stereocenters. The third-order valence-electron chi connectivity index (χ3n) is 8.06. The molecule has 2 fully saturated rings. The Morgan fingerprint density at radius 3 is 2.88 bits per heavy atom. The fourth-order valence-corrected chi connectivity index (χ4v) is 6.93. The zero-order valence-electron chi connectivity index (χ0n) is 19.9. The summed E-state index contributed by atoms with van der Waals surface area (Å²) in [4.78, 5) is 14.7. The van der Waals surface area contributed by atoms with Crippen molar-refractivity contribution in [2.45, 2.75) is 82.1 Å². The number of rotatable bonds is 5. The Labute approximate surface area is 190 Å². The van der Waals surface area contributed by atoms with Crippen LogP contribution in [0.2, 0.25) is 0 Å². The second-order valence-corrected chi connectivity index (χ2v) is 10.9. The molecule has 0 unspecified atom stereocenters. The number of likely N-dealkylation sites (tertiary alicyclic amines) is 1. The monoisotopic (exact) mass is 444 g/mol. The first-order valence-electron chi connectivity index (χ1n) is 11.9. The molecule has 1 spiro atoms. The normalized spacial score (nSPS) is 32.8. The number of benzene rings is 1. The van der Waals surface area contributed by atoms with Crippen LogP contribution in [0.25, 0.3) is 0 Å². The van der Waals surface area contributed by atoms with Gasteiger partial charge in [0, 0.05) is 41.2 Å². The highest BCUT2D eigenvalue weighted by Crippen LogP contribution is 2.65. The minimum absolute atomic E-state index is 0.0526. The SMILES string of the molecule is COc1cc(O)c2c3c1C[C@@H]1[C@@H]4CC[C@H](NCCC(=O)OC(C)(C)C)[C@H](O2)[C@]34CCN1C. The van der Waals surface area contributed by atoms with Gasteiger partial charge in [-0.2, -0.15) is 0 Å². The lowest BCUT2D eigenvalue weighted by atomic mass is 9.51. The fourth-order valence-electron chi connectivity index (χ4n) is 6.93. The number of nitrogens with one attached hydrogen (secondary N) is 1. The molecular formula is C25H36N2O5. The van der Waals surface area contributed by atoms with Gasteiger partial charge >= 0.3 is 5.97 Å². The average molecular weight is 445 g/mol. The maximum atomic E-state index is 12.2. The molecular weight excluding hydrogens is 408 g/mol. The highest BCUT2D eigenvalue weighted by Gasteiger charge is 2.65. The van der Waals surface area contributed by atoms with Crippen molar-refractivity contribution in [2.24, 2.45) is 5.92 Å². The van der Waals surface area contributed by atoms with Crippen LogP contribution in [0.3, 0.4) is 0 Å². The third-order valence-corrected chi connectivity index (χ3v) is 8.06. The van der Waals surface area contributed by atoms with Crippen LogP contribution in [0.5, 0.6) is 17.2 Å². The second kappa shape index (κ2) is 7.52. The van der Waals surface area contributed by atoms with Crippen LogP contribution in [0.4, 0.5) is 0 Å². The van der Waals surface area contributed by atoms with Gasteiger partial charge < -0.3 is 29.5 Å². The molecule has 0 amide bonds. The van der Waals surface area contributed by atoms with Gasteiger partial charge in [-0.15, -0.1) is 0 Å². The molecule has 4 aliphatic rings. The standard InChI is InChI=1S/C25H36N2O5/c1-24(2,3)32-20(29)8-10-26-16-7-6-15-17-12-14-19(30-5)13-18(28)22-21(14)25(15,23(16)31-22)9-11-27(17)4/h13,15-17,23,26,28H,6-12H2,1-5H3/t15-,16-,17+,23-,25-/m0/s1. The summed E-state index contributed by atoms with van der Waals surface area (Å²) in [7, 11) is 3.91. The molecule has 2 N–H and O–H groups in total. The highest BCUT2D eigenvalue weighted by atomic mass is 16.6. The summed E-state index contributed by atoms with van der Waals surface area (Å²) >= 11 is 0. The van der Waals surface area contributed by atoms with E-state index in [1.165, 1.54) is 11.1 Å². The van der Waals surface area contributed by atoms with Gasteiger partial charge in [-0.25, -0.2) is 0 Å².